The van der Waals surface area contributed by atoms with Crippen LogP contribution in [-0.4, -0.2) is 44.7 Å². The number of nitrogens with zero attached hydrogens (tertiary/aromatic N) is 2. The first-order chi connectivity index (χ1) is 10.1. The third kappa shape index (κ3) is 5.56. The molecule has 0 saturated heterocycles. The molecule has 118 valence electrons. The molecule has 0 unspecified atom stereocenters. The maximum Gasteiger partial charge on any atom is 0.243 e. The largest absolute Gasteiger partial charge is 0.380 e. The van der Waals surface area contributed by atoms with E-state index in [-0.39, 0.29) is 11.4 Å². The van der Waals surface area contributed by atoms with Crippen LogP contribution in [-0.2, 0) is 14.8 Å². The minimum atomic E-state index is -3.57. The predicted octanol–water partition coefficient (Wildman–Crippen LogP) is 1.00. The second-order valence-corrected chi connectivity index (χ2v) is 6.85. The van der Waals surface area contributed by atoms with Crippen LogP contribution >= 0.6 is 0 Å². The Kier molecular flexibility index (Phi) is 5.89. The van der Waals surface area contributed by atoms with Gasteiger partial charge in [-0.05, 0) is 25.2 Å². The molecule has 1 aromatic heterocycles. The van der Waals surface area contributed by atoms with Gasteiger partial charge in [0.2, 0.25) is 16.0 Å². The van der Waals surface area contributed by atoms with Crippen LogP contribution < -0.4 is 10.0 Å². The average Bonchev–Trinajstić information content (AvgIpc) is 3.29. The lowest BCUT2D eigenvalue weighted by Gasteiger charge is -2.07. The van der Waals surface area contributed by atoms with Crippen molar-refractivity contribution in [2.45, 2.75) is 31.1 Å². The maximum absolute atomic E-state index is 12.0. The highest BCUT2D eigenvalue weighted by molar-refractivity contribution is 7.89. The molecule has 1 aliphatic carbocycles. The number of nitrogens with one attached hydrogen (secondary N) is 2. The third-order valence-corrected chi connectivity index (χ3v) is 4.48. The van der Waals surface area contributed by atoms with Crippen molar-refractivity contribution in [1.29, 1.82) is 0 Å². The standard InChI is InChI=1S/C13H22N4O3S/c1-2-5-14-13-15-8-12(9-16-13)21(18,19)17-6-7-20-10-11-3-4-11/h8-9,11,17H,2-7,10H2,1H3,(H,14,15,16). The van der Waals surface area contributed by atoms with Crippen LogP contribution in [0.2, 0.25) is 0 Å². The van der Waals surface area contributed by atoms with Crippen LogP contribution in [0.5, 0.6) is 0 Å². The van der Waals surface area contributed by atoms with E-state index in [0.29, 0.717) is 18.5 Å². The van der Waals surface area contributed by atoms with Crippen LogP contribution in [0, 0.1) is 5.92 Å². The second-order valence-electron chi connectivity index (χ2n) is 5.09. The normalized spacial score (nSPS) is 15.1. The second kappa shape index (κ2) is 7.67. The minimum absolute atomic E-state index is 0.0618. The SMILES string of the molecule is CCCNc1ncc(S(=O)(=O)NCCOCC2CC2)cn1. The molecule has 0 spiro atoms. The fourth-order valence-electron chi connectivity index (χ4n) is 1.65. The van der Waals surface area contributed by atoms with Gasteiger partial charge in [0.15, 0.2) is 0 Å². The Balaban J connectivity index is 1.77. The van der Waals surface area contributed by atoms with E-state index in [2.05, 4.69) is 20.0 Å². The molecule has 2 N–H and O–H groups in total. The maximum atomic E-state index is 12.0. The summed E-state index contributed by atoms with van der Waals surface area (Å²) in [6.45, 7) is 4.14. The van der Waals surface area contributed by atoms with Crippen molar-refractivity contribution in [2.24, 2.45) is 5.92 Å². The van der Waals surface area contributed by atoms with E-state index >= 15 is 0 Å². The number of sulfonamides is 1. The topological polar surface area (TPSA) is 93.2 Å². The summed E-state index contributed by atoms with van der Waals surface area (Å²) in [7, 11) is -3.57. The molecule has 1 fully saturated rings. The predicted molar refractivity (Wildman–Crippen MR) is 79.5 cm³/mol. The van der Waals surface area contributed by atoms with Crippen LogP contribution in [0.25, 0.3) is 0 Å². The van der Waals surface area contributed by atoms with Crippen molar-refractivity contribution in [3.05, 3.63) is 12.4 Å². The first-order valence-corrected chi connectivity index (χ1v) is 8.73. The molecule has 0 aromatic carbocycles. The first-order valence-electron chi connectivity index (χ1n) is 7.25. The number of hydrogen-bond donors (Lipinski definition) is 2. The van der Waals surface area contributed by atoms with Gasteiger partial charge in [-0.3, -0.25) is 0 Å². The zero-order valence-corrected chi connectivity index (χ0v) is 13.0. The van der Waals surface area contributed by atoms with Gasteiger partial charge in [-0.1, -0.05) is 6.92 Å². The van der Waals surface area contributed by atoms with E-state index in [1.54, 1.807) is 0 Å². The Bertz CT molecular complexity index is 529. The molecule has 7 nitrogen and oxygen atoms in total. The molecule has 1 aliphatic rings. The summed E-state index contributed by atoms with van der Waals surface area (Å²) in [6, 6.07) is 0. The highest BCUT2D eigenvalue weighted by atomic mass is 32.2. The van der Waals surface area contributed by atoms with Gasteiger partial charge >= 0.3 is 0 Å². The van der Waals surface area contributed by atoms with Gasteiger partial charge < -0.3 is 10.1 Å². The fraction of sp³-hybridized carbons (Fsp3) is 0.692. The summed E-state index contributed by atoms with van der Waals surface area (Å²) in [4.78, 5) is 8.03. The van der Waals surface area contributed by atoms with Crippen molar-refractivity contribution in [2.75, 3.05) is 31.6 Å². The number of rotatable bonds is 10. The molecule has 0 radical (unpaired) electrons. The summed E-state index contributed by atoms with van der Waals surface area (Å²) >= 11 is 0. The Morgan fingerprint density at radius 3 is 2.62 bits per heavy atom. The first kappa shape index (κ1) is 16.1. The van der Waals surface area contributed by atoms with Gasteiger partial charge in [0.1, 0.15) is 4.90 Å². The molecule has 0 bridgehead atoms. The fourth-order valence-corrected chi connectivity index (χ4v) is 2.55. The van der Waals surface area contributed by atoms with Crippen LogP contribution in [0.15, 0.2) is 17.3 Å². The molecule has 2 rings (SSSR count). The van der Waals surface area contributed by atoms with Gasteiger partial charge in [-0.25, -0.2) is 23.1 Å². The molecule has 0 atom stereocenters. The Hall–Kier alpha value is -1.25. The van der Waals surface area contributed by atoms with Gasteiger partial charge in [-0.2, -0.15) is 0 Å². The summed E-state index contributed by atoms with van der Waals surface area (Å²) in [5.41, 5.74) is 0. The molecule has 1 saturated carbocycles. The zero-order chi connectivity index (χ0) is 15.1. The van der Waals surface area contributed by atoms with E-state index in [9.17, 15) is 8.42 Å². The van der Waals surface area contributed by atoms with E-state index in [1.807, 2.05) is 6.92 Å². The summed E-state index contributed by atoms with van der Waals surface area (Å²) in [6.07, 6.45) is 6.01. The number of ether oxygens (including phenoxy) is 1. The molecule has 0 amide bonds. The van der Waals surface area contributed by atoms with Crippen LogP contribution in [0.4, 0.5) is 5.95 Å². The monoisotopic (exact) mass is 314 g/mol. The highest BCUT2D eigenvalue weighted by Gasteiger charge is 2.21. The van der Waals surface area contributed by atoms with Gasteiger partial charge in [0, 0.05) is 19.7 Å². The quantitative estimate of drug-likeness (QED) is 0.626. The molecule has 0 aliphatic heterocycles. The molecule has 21 heavy (non-hydrogen) atoms. The van der Waals surface area contributed by atoms with Gasteiger partial charge in [0.25, 0.3) is 0 Å². The van der Waals surface area contributed by atoms with Gasteiger partial charge in [0.05, 0.1) is 19.0 Å². The zero-order valence-electron chi connectivity index (χ0n) is 12.2. The lowest BCUT2D eigenvalue weighted by Crippen LogP contribution is -2.28. The Morgan fingerprint density at radius 1 is 1.29 bits per heavy atom. The molecular weight excluding hydrogens is 292 g/mol. The van der Waals surface area contributed by atoms with Crippen molar-refractivity contribution < 1.29 is 13.2 Å². The van der Waals surface area contributed by atoms with Gasteiger partial charge in [-0.15, -0.1) is 0 Å². The van der Waals surface area contributed by atoms with E-state index in [1.165, 1.54) is 25.2 Å². The highest BCUT2D eigenvalue weighted by Crippen LogP contribution is 2.28. The van der Waals surface area contributed by atoms with Crippen molar-refractivity contribution in [1.82, 2.24) is 14.7 Å². The van der Waals surface area contributed by atoms with Crippen molar-refractivity contribution in [3.63, 3.8) is 0 Å². The molecular formula is C13H22N4O3S. The van der Waals surface area contributed by atoms with Crippen LogP contribution in [0.1, 0.15) is 26.2 Å². The van der Waals surface area contributed by atoms with Crippen LogP contribution in [0.3, 0.4) is 0 Å². The molecule has 1 heterocycles. The van der Waals surface area contributed by atoms with E-state index < -0.39 is 10.0 Å². The number of aromatic nitrogens is 2. The Labute approximate surface area is 125 Å². The summed E-state index contributed by atoms with van der Waals surface area (Å²) < 4.78 is 31.9. The Morgan fingerprint density at radius 2 is 2.00 bits per heavy atom. The lowest BCUT2D eigenvalue weighted by atomic mass is 10.5. The van der Waals surface area contributed by atoms with Crippen molar-refractivity contribution >= 4 is 16.0 Å². The minimum Gasteiger partial charge on any atom is -0.380 e. The van der Waals surface area contributed by atoms with E-state index in [4.69, 9.17) is 4.74 Å². The van der Waals surface area contributed by atoms with E-state index in [0.717, 1.165) is 19.6 Å². The number of hydrogen-bond acceptors (Lipinski definition) is 6. The van der Waals surface area contributed by atoms with Crippen molar-refractivity contribution in [3.8, 4) is 0 Å². The number of anilines is 1. The summed E-state index contributed by atoms with van der Waals surface area (Å²) in [5, 5.41) is 2.99. The average molecular weight is 314 g/mol. The molecule has 1 aromatic rings. The smallest absolute Gasteiger partial charge is 0.243 e. The molecule has 8 heteroatoms. The summed E-state index contributed by atoms with van der Waals surface area (Å²) in [5.74, 6) is 1.11. The lowest BCUT2D eigenvalue weighted by molar-refractivity contribution is 0.129. The third-order valence-electron chi connectivity index (χ3n) is 3.06.